The fourth-order valence-corrected chi connectivity index (χ4v) is 3.51. The zero-order valence-electron chi connectivity index (χ0n) is 10.1. The van der Waals surface area contributed by atoms with Crippen molar-refractivity contribution in [3.63, 3.8) is 0 Å². The van der Waals surface area contributed by atoms with Crippen LogP contribution in [0.5, 0.6) is 0 Å². The Morgan fingerprint density at radius 2 is 2.18 bits per heavy atom. The van der Waals surface area contributed by atoms with E-state index >= 15 is 0 Å². The van der Waals surface area contributed by atoms with Crippen molar-refractivity contribution in [1.29, 1.82) is 0 Å². The lowest BCUT2D eigenvalue weighted by molar-refractivity contribution is 0.00300. The highest BCUT2D eigenvalue weighted by atomic mass is 35.5. The van der Waals surface area contributed by atoms with Crippen LogP contribution in [0.4, 0.5) is 0 Å². The first-order valence-electron chi connectivity index (χ1n) is 6.67. The molecule has 1 aromatic heterocycles. The molecule has 0 aromatic carbocycles. The van der Waals surface area contributed by atoms with Gasteiger partial charge in [-0.25, -0.2) is 4.98 Å². The molecule has 1 saturated carbocycles. The van der Waals surface area contributed by atoms with Crippen LogP contribution in [0.25, 0.3) is 0 Å². The van der Waals surface area contributed by atoms with Crippen molar-refractivity contribution in [3.8, 4) is 0 Å². The first-order valence-corrected chi connectivity index (χ1v) is 7.05. The van der Waals surface area contributed by atoms with Crippen molar-refractivity contribution in [2.24, 2.45) is 5.92 Å². The van der Waals surface area contributed by atoms with Crippen LogP contribution < -0.4 is 0 Å². The highest BCUT2D eigenvalue weighted by Gasteiger charge is 2.38. The lowest BCUT2D eigenvalue weighted by Crippen LogP contribution is -2.54. The highest BCUT2D eigenvalue weighted by molar-refractivity contribution is 6.29. The molecular formula is C14H19ClN2. The fraction of sp³-hybridized carbons (Fsp3) is 0.643. The Morgan fingerprint density at radius 3 is 3.06 bits per heavy atom. The molecule has 2 aliphatic rings. The minimum atomic E-state index is 0.612. The summed E-state index contributed by atoms with van der Waals surface area (Å²) < 4.78 is 0. The van der Waals surface area contributed by atoms with Crippen molar-refractivity contribution >= 4 is 11.6 Å². The smallest absolute Gasteiger partial charge is 0.129 e. The lowest BCUT2D eigenvalue weighted by Gasteiger charge is -2.48. The van der Waals surface area contributed by atoms with E-state index in [1.165, 1.54) is 44.2 Å². The average Bonchev–Trinajstić information content (AvgIpc) is 2.48. The molecule has 0 N–H and O–H groups in total. The van der Waals surface area contributed by atoms with Gasteiger partial charge in [-0.3, -0.25) is 4.90 Å². The molecule has 1 aromatic rings. The molecule has 1 aliphatic carbocycles. The Morgan fingerprint density at radius 1 is 1.29 bits per heavy atom. The summed E-state index contributed by atoms with van der Waals surface area (Å²) in [5, 5.41) is 0.612. The Bertz CT molecular complexity index is 394. The largest absolute Gasteiger partial charge is 0.295 e. The van der Waals surface area contributed by atoms with E-state index in [1.54, 1.807) is 0 Å². The minimum Gasteiger partial charge on any atom is -0.295 e. The molecule has 3 rings (SSSR count). The van der Waals surface area contributed by atoms with Crippen LogP contribution in [-0.2, 0) is 6.54 Å². The van der Waals surface area contributed by atoms with Crippen molar-refractivity contribution < 1.29 is 0 Å². The number of hydrogen-bond donors (Lipinski definition) is 0. The molecule has 0 unspecified atom stereocenters. The third-order valence-corrected chi connectivity index (χ3v) is 4.44. The highest BCUT2D eigenvalue weighted by Crippen LogP contribution is 2.36. The summed E-state index contributed by atoms with van der Waals surface area (Å²) in [6.07, 6.45) is 8.93. The molecule has 0 radical (unpaired) electrons. The monoisotopic (exact) mass is 250 g/mol. The van der Waals surface area contributed by atoms with Crippen LogP contribution in [0.15, 0.2) is 18.3 Å². The summed E-state index contributed by atoms with van der Waals surface area (Å²) in [4.78, 5) is 6.65. The summed E-state index contributed by atoms with van der Waals surface area (Å²) in [5.74, 6) is 0.967. The molecule has 1 aliphatic heterocycles. The van der Waals surface area contributed by atoms with Gasteiger partial charge < -0.3 is 0 Å². The second-order valence-electron chi connectivity index (χ2n) is 5.38. The second kappa shape index (κ2) is 4.95. The maximum atomic E-state index is 5.92. The molecule has 0 spiro atoms. The van der Waals surface area contributed by atoms with Crippen LogP contribution in [0.2, 0.25) is 5.15 Å². The molecule has 3 heteroatoms. The third-order valence-electron chi connectivity index (χ3n) is 4.23. The minimum absolute atomic E-state index is 0.612. The van der Waals surface area contributed by atoms with Crippen LogP contribution in [-0.4, -0.2) is 22.5 Å². The predicted octanol–water partition coefficient (Wildman–Crippen LogP) is 3.50. The molecule has 92 valence electrons. The maximum absolute atomic E-state index is 5.92. The first-order chi connectivity index (χ1) is 8.33. The van der Waals surface area contributed by atoms with Crippen molar-refractivity contribution in [2.75, 3.05) is 6.54 Å². The first kappa shape index (κ1) is 11.5. The molecule has 17 heavy (non-hydrogen) atoms. The van der Waals surface area contributed by atoms with Gasteiger partial charge in [0, 0.05) is 25.3 Å². The van der Waals surface area contributed by atoms with Crippen LogP contribution in [0, 0.1) is 5.92 Å². The van der Waals surface area contributed by atoms with E-state index in [-0.39, 0.29) is 0 Å². The molecule has 0 amide bonds. The Labute approximate surface area is 108 Å². The molecule has 0 bridgehead atoms. The standard InChI is InChI=1S/C14H19ClN2/c15-14-8-11(6-7-16-14)9-17-10-12-4-2-1-3-5-13(12)17/h6-8,12-13H,1-5,9-10H2/t12-,13+/m0/s1. The number of likely N-dealkylation sites (tertiary alicyclic amines) is 1. The number of fused-ring (bicyclic) bond motifs is 1. The van der Waals surface area contributed by atoms with E-state index < -0.39 is 0 Å². The maximum Gasteiger partial charge on any atom is 0.129 e. The fourth-order valence-electron chi connectivity index (χ4n) is 3.31. The summed E-state index contributed by atoms with van der Waals surface area (Å²) >= 11 is 5.92. The van der Waals surface area contributed by atoms with Gasteiger partial charge in [-0.05, 0) is 36.5 Å². The van der Waals surface area contributed by atoms with Gasteiger partial charge in [-0.1, -0.05) is 30.9 Å². The van der Waals surface area contributed by atoms with Gasteiger partial charge in [0.1, 0.15) is 5.15 Å². The van der Waals surface area contributed by atoms with E-state index in [0.717, 1.165) is 18.5 Å². The number of rotatable bonds is 2. The number of aromatic nitrogens is 1. The zero-order chi connectivity index (χ0) is 11.7. The van der Waals surface area contributed by atoms with E-state index in [0.29, 0.717) is 5.15 Å². The molecule has 2 fully saturated rings. The van der Waals surface area contributed by atoms with E-state index in [4.69, 9.17) is 11.6 Å². The number of halogens is 1. The summed E-state index contributed by atoms with van der Waals surface area (Å²) in [6.45, 7) is 2.33. The third kappa shape index (κ3) is 2.48. The number of nitrogens with zero attached hydrogens (tertiary/aromatic N) is 2. The molecule has 2 nitrogen and oxygen atoms in total. The average molecular weight is 251 g/mol. The van der Waals surface area contributed by atoms with Gasteiger partial charge in [0.05, 0.1) is 0 Å². The van der Waals surface area contributed by atoms with Gasteiger partial charge in [-0.2, -0.15) is 0 Å². The van der Waals surface area contributed by atoms with Crippen molar-refractivity contribution in [1.82, 2.24) is 9.88 Å². The summed E-state index contributed by atoms with van der Waals surface area (Å²) in [6, 6.07) is 4.91. The van der Waals surface area contributed by atoms with Gasteiger partial charge in [0.15, 0.2) is 0 Å². The molecule has 2 heterocycles. The summed E-state index contributed by atoms with van der Waals surface area (Å²) in [7, 11) is 0. The Hall–Kier alpha value is -0.600. The Balaban J connectivity index is 1.63. The SMILES string of the molecule is Clc1cc(CN2C[C@@H]3CCCCC[C@H]32)ccn1. The van der Waals surface area contributed by atoms with Crippen LogP contribution in [0.1, 0.15) is 37.7 Å². The predicted molar refractivity (Wildman–Crippen MR) is 70.0 cm³/mol. The van der Waals surface area contributed by atoms with Crippen LogP contribution in [0.3, 0.4) is 0 Å². The van der Waals surface area contributed by atoms with Crippen molar-refractivity contribution in [3.05, 3.63) is 29.0 Å². The molecule has 2 atom stereocenters. The van der Waals surface area contributed by atoms with Gasteiger partial charge >= 0.3 is 0 Å². The lowest BCUT2D eigenvalue weighted by atomic mass is 9.84. The van der Waals surface area contributed by atoms with Gasteiger partial charge in [0.2, 0.25) is 0 Å². The molecular weight excluding hydrogens is 232 g/mol. The van der Waals surface area contributed by atoms with Gasteiger partial charge in [0.25, 0.3) is 0 Å². The zero-order valence-corrected chi connectivity index (χ0v) is 10.9. The summed E-state index contributed by atoms with van der Waals surface area (Å²) in [5.41, 5.74) is 1.30. The van der Waals surface area contributed by atoms with E-state index in [1.807, 2.05) is 12.3 Å². The van der Waals surface area contributed by atoms with E-state index in [2.05, 4.69) is 16.0 Å². The number of pyridine rings is 1. The van der Waals surface area contributed by atoms with Crippen LogP contribution >= 0.6 is 11.6 Å². The van der Waals surface area contributed by atoms with Gasteiger partial charge in [-0.15, -0.1) is 0 Å². The Kier molecular flexibility index (Phi) is 3.34. The normalized spacial score (nSPS) is 29.2. The molecule has 1 saturated heterocycles. The van der Waals surface area contributed by atoms with Crippen molar-refractivity contribution in [2.45, 2.75) is 44.7 Å². The van der Waals surface area contributed by atoms with E-state index in [9.17, 15) is 0 Å². The quantitative estimate of drug-likeness (QED) is 0.747. The second-order valence-corrected chi connectivity index (χ2v) is 5.77. The topological polar surface area (TPSA) is 16.1 Å². The number of hydrogen-bond acceptors (Lipinski definition) is 2.